The third-order valence-electron chi connectivity index (χ3n) is 10.3. The summed E-state index contributed by atoms with van der Waals surface area (Å²) in [6.45, 7) is 18.8. The van der Waals surface area contributed by atoms with Gasteiger partial charge in [0, 0.05) is 12.5 Å². The molecule has 3 unspecified atom stereocenters. The van der Waals surface area contributed by atoms with Gasteiger partial charge in [0.2, 0.25) is 0 Å². The van der Waals surface area contributed by atoms with Crippen molar-refractivity contribution in [2.75, 3.05) is 0 Å². The van der Waals surface area contributed by atoms with Gasteiger partial charge < -0.3 is 4.43 Å². The summed E-state index contributed by atoms with van der Waals surface area (Å²) in [5.74, 6) is 2.40. The molecule has 0 aromatic carbocycles. The largest absolute Gasteiger partial charge is 0.414 e. The fourth-order valence-electron chi connectivity index (χ4n) is 7.47. The van der Waals surface area contributed by atoms with E-state index in [1.165, 1.54) is 32.1 Å². The van der Waals surface area contributed by atoms with E-state index < -0.39 is 8.32 Å². The fourth-order valence-corrected chi connectivity index (χ4v) is 8.86. The number of Topliss-reactive ketones (excluding diaryl/α,β-unsaturated/α-hetero) is 1. The van der Waals surface area contributed by atoms with Crippen LogP contribution in [-0.4, -0.2) is 20.2 Å². The highest BCUT2D eigenvalue weighted by molar-refractivity contribution is 6.74. The van der Waals surface area contributed by atoms with Gasteiger partial charge >= 0.3 is 0 Å². The lowest BCUT2D eigenvalue weighted by Crippen LogP contribution is -2.51. The van der Waals surface area contributed by atoms with Gasteiger partial charge in [0.15, 0.2) is 14.1 Å². The summed E-state index contributed by atoms with van der Waals surface area (Å²) >= 11 is 0. The number of hydrogen-bond acceptors (Lipinski definition) is 2. The third kappa shape index (κ3) is 3.25. The molecule has 0 radical (unpaired) electrons. The van der Waals surface area contributed by atoms with Gasteiger partial charge in [-0.1, -0.05) is 52.3 Å². The van der Waals surface area contributed by atoms with Crippen LogP contribution in [0.4, 0.5) is 0 Å². The molecule has 0 aromatic rings. The second kappa shape index (κ2) is 7.17. The molecule has 2 nitrogen and oxygen atoms in total. The van der Waals surface area contributed by atoms with Gasteiger partial charge in [-0.15, -0.1) is 0 Å². The van der Waals surface area contributed by atoms with Crippen molar-refractivity contribution in [3.05, 3.63) is 23.3 Å². The predicted molar refractivity (Wildman–Crippen MR) is 128 cm³/mol. The maximum absolute atomic E-state index is 12.8. The second-order valence-electron chi connectivity index (χ2n) is 12.8. The summed E-state index contributed by atoms with van der Waals surface area (Å²) < 4.78 is 6.85. The van der Waals surface area contributed by atoms with Crippen LogP contribution in [-0.2, 0) is 9.22 Å². The first-order valence-corrected chi connectivity index (χ1v) is 15.3. The Hall–Kier alpha value is -0.673. The van der Waals surface area contributed by atoms with Gasteiger partial charge in [-0.05, 0) is 97.7 Å². The Labute approximate surface area is 186 Å². The molecule has 0 saturated heterocycles. The van der Waals surface area contributed by atoms with Crippen LogP contribution in [0.25, 0.3) is 0 Å². The summed E-state index contributed by atoms with van der Waals surface area (Å²) in [5, 5.41) is 0.271. The van der Waals surface area contributed by atoms with Gasteiger partial charge in [0.1, 0.15) is 0 Å². The molecule has 0 heterocycles. The zero-order valence-corrected chi connectivity index (χ0v) is 21.7. The summed E-state index contributed by atoms with van der Waals surface area (Å²) in [6.07, 6.45) is 13.1. The molecule has 0 spiro atoms. The third-order valence-corrected chi connectivity index (χ3v) is 14.9. The lowest BCUT2D eigenvalue weighted by molar-refractivity contribution is -0.115. The van der Waals surface area contributed by atoms with E-state index in [2.05, 4.69) is 66.8 Å². The molecule has 3 heteroatoms. The van der Waals surface area contributed by atoms with Crippen LogP contribution in [0, 0.1) is 28.6 Å². The Morgan fingerprint density at radius 3 is 2.37 bits per heavy atom. The van der Waals surface area contributed by atoms with Gasteiger partial charge in [0.05, 0.1) is 0 Å². The topological polar surface area (TPSA) is 26.3 Å². The Balaban J connectivity index is 1.56. The molecule has 0 aliphatic heterocycles. The smallest absolute Gasteiger partial charge is 0.192 e. The number of rotatable bonds is 2. The molecule has 3 fully saturated rings. The van der Waals surface area contributed by atoms with Crippen LogP contribution >= 0.6 is 0 Å². The summed E-state index contributed by atoms with van der Waals surface area (Å²) in [5.41, 5.74) is 3.26. The molecule has 0 N–H and O–H groups in total. The van der Waals surface area contributed by atoms with E-state index in [-0.39, 0.29) is 10.5 Å². The Morgan fingerprint density at radius 2 is 1.73 bits per heavy atom. The predicted octanol–water partition coefficient (Wildman–Crippen LogP) is 7.46. The van der Waals surface area contributed by atoms with Crippen LogP contribution < -0.4 is 0 Å². The fraction of sp³-hybridized carbons (Fsp3) is 0.815. The lowest BCUT2D eigenvalue weighted by atomic mass is 9.48. The Bertz CT molecular complexity index is 785. The highest BCUT2D eigenvalue weighted by Crippen LogP contribution is 2.65. The molecule has 4 aliphatic carbocycles. The molecule has 6 atom stereocenters. The van der Waals surface area contributed by atoms with Crippen molar-refractivity contribution in [2.24, 2.45) is 28.6 Å². The highest BCUT2D eigenvalue weighted by Gasteiger charge is 2.59. The summed E-state index contributed by atoms with van der Waals surface area (Å²) in [4.78, 5) is 12.8. The van der Waals surface area contributed by atoms with Crippen molar-refractivity contribution in [1.82, 2.24) is 0 Å². The van der Waals surface area contributed by atoms with Crippen LogP contribution in [0.5, 0.6) is 0 Å². The minimum absolute atomic E-state index is 0.122. The molecule has 168 valence electrons. The molecule has 3 saturated carbocycles. The number of fused-ring (bicyclic) bond motifs is 5. The number of allylic oxidation sites excluding steroid dienone is 3. The van der Waals surface area contributed by atoms with Crippen molar-refractivity contribution in [1.29, 1.82) is 0 Å². The van der Waals surface area contributed by atoms with Gasteiger partial charge in [-0.3, -0.25) is 4.79 Å². The van der Waals surface area contributed by atoms with Gasteiger partial charge in [-0.2, -0.15) is 0 Å². The van der Waals surface area contributed by atoms with E-state index in [0.717, 1.165) is 24.3 Å². The highest BCUT2D eigenvalue weighted by atomic mass is 28.4. The standard InChI is InChI=1S/C27H44O2Si/c1-9-21-24(28)17-23-20-11-10-18-16-19(29-30(7,8)25(2,3)4)12-14-26(18,5)22(20)13-15-27(21,23)6/h9-10,19-20,22-23H,11-17H2,1-8H3/b21-9-/t19-,20?,22?,23?,26-,27+/m0/s1. The van der Waals surface area contributed by atoms with E-state index in [1.54, 1.807) is 5.57 Å². The normalized spacial score (nSPS) is 43.1. The molecule has 4 aliphatic rings. The van der Waals surface area contributed by atoms with E-state index >= 15 is 0 Å². The van der Waals surface area contributed by atoms with Gasteiger partial charge in [0.25, 0.3) is 0 Å². The number of ketones is 1. The molecule has 30 heavy (non-hydrogen) atoms. The van der Waals surface area contributed by atoms with Crippen molar-refractivity contribution < 1.29 is 9.22 Å². The first-order valence-electron chi connectivity index (χ1n) is 12.4. The van der Waals surface area contributed by atoms with Crippen LogP contribution in [0.1, 0.15) is 86.5 Å². The number of carbonyl (C=O) groups is 1. The number of hydrogen-bond donors (Lipinski definition) is 0. The quantitative estimate of drug-likeness (QED) is 0.259. The second-order valence-corrected chi connectivity index (χ2v) is 17.5. The molecule has 0 amide bonds. The van der Waals surface area contributed by atoms with Gasteiger partial charge in [-0.25, -0.2) is 0 Å². The first kappa shape index (κ1) is 22.5. The lowest BCUT2D eigenvalue weighted by Gasteiger charge is -2.57. The molecular weight excluding hydrogens is 384 g/mol. The van der Waals surface area contributed by atoms with E-state index in [9.17, 15) is 4.79 Å². The molecule has 4 rings (SSSR count). The Morgan fingerprint density at radius 1 is 1.07 bits per heavy atom. The summed E-state index contributed by atoms with van der Waals surface area (Å²) in [6, 6.07) is 0. The average molecular weight is 429 g/mol. The Kier molecular flexibility index (Phi) is 5.38. The maximum atomic E-state index is 12.8. The van der Waals surface area contributed by atoms with Crippen molar-refractivity contribution in [2.45, 2.75) is 111 Å². The SMILES string of the molecule is C/C=C1/C(=O)CC2C3CC=C4C[C@@H](O[Si](C)(C)C(C)(C)C)CC[C@]4(C)C3CC[C@]12C. The van der Waals surface area contributed by atoms with Crippen molar-refractivity contribution in [3.63, 3.8) is 0 Å². The number of carbonyl (C=O) groups excluding carboxylic acids is 1. The average Bonchev–Trinajstić information content (AvgIpc) is 2.90. The first-order chi connectivity index (χ1) is 13.8. The minimum atomic E-state index is -1.73. The van der Waals surface area contributed by atoms with Crippen LogP contribution in [0.15, 0.2) is 23.3 Å². The molecule has 0 bridgehead atoms. The van der Waals surface area contributed by atoms with Crippen LogP contribution in [0.2, 0.25) is 18.1 Å². The zero-order chi connectivity index (χ0) is 22.1. The van der Waals surface area contributed by atoms with E-state index in [0.29, 0.717) is 29.1 Å². The van der Waals surface area contributed by atoms with E-state index in [1.807, 2.05) is 0 Å². The van der Waals surface area contributed by atoms with E-state index in [4.69, 9.17) is 4.43 Å². The van der Waals surface area contributed by atoms with Crippen molar-refractivity contribution >= 4 is 14.1 Å². The molecular formula is C27H44O2Si. The van der Waals surface area contributed by atoms with Crippen LogP contribution in [0.3, 0.4) is 0 Å². The summed E-state index contributed by atoms with van der Waals surface area (Å²) in [7, 11) is -1.73. The minimum Gasteiger partial charge on any atom is -0.414 e. The molecule has 0 aromatic heterocycles. The van der Waals surface area contributed by atoms with Crippen molar-refractivity contribution in [3.8, 4) is 0 Å². The zero-order valence-electron chi connectivity index (χ0n) is 20.7. The monoisotopic (exact) mass is 428 g/mol. The maximum Gasteiger partial charge on any atom is 0.192 e.